The highest BCUT2D eigenvalue weighted by molar-refractivity contribution is 6.05. The van der Waals surface area contributed by atoms with Crippen LogP contribution in [0.2, 0.25) is 0 Å². The van der Waals surface area contributed by atoms with E-state index in [9.17, 15) is 4.79 Å². The number of ether oxygens (including phenoxy) is 2. The molecule has 5 heteroatoms. The molecule has 0 aliphatic carbocycles. The van der Waals surface area contributed by atoms with E-state index in [1.807, 2.05) is 38.1 Å². The Morgan fingerprint density at radius 1 is 1.00 bits per heavy atom. The molecule has 0 saturated heterocycles. The maximum absolute atomic E-state index is 12.7. The first kappa shape index (κ1) is 19.8. The minimum absolute atomic E-state index is 0.169. The van der Waals surface area contributed by atoms with Crippen molar-refractivity contribution in [1.82, 2.24) is 5.32 Å². The van der Waals surface area contributed by atoms with Gasteiger partial charge in [0, 0.05) is 17.8 Å². The van der Waals surface area contributed by atoms with E-state index in [-0.39, 0.29) is 5.91 Å². The highest BCUT2D eigenvalue weighted by Crippen LogP contribution is 2.29. The monoisotopic (exact) mass is 356 g/mol. The van der Waals surface area contributed by atoms with E-state index in [0.717, 1.165) is 24.2 Å². The van der Waals surface area contributed by atoms with Gasteiger partial charge < -0.3 is 20.1 Å². The van der Waals surface area contributed by atoms with Gasteiger partial charge in [0.15, 0.2) is 11.5 Å². The number of amides is 1. The fourth-order valence-corrected chi connectivity index (χ4v) is 2.50. The van der Waals surface area contributed by atoms with Gasteiger partial charge in [-0.15, -0.1) is 0 Å². The lowest BCUT2D eigenvalue weighted by Gasteiger charge is -2.14. The summed E-state index contributed by atoms with van der Waals surface area (Å²) in [4.78, 5) is 12.7. The first-order valence-electron chi connectivity index (χ1n) is 9.19. The molecule has 2 N–H and O–H groups in total. The summed E-state index contributed by atoms with van der Waals surface area (Å²) in [5, 5.41) is 6.28. The summed E-state index contributed by atoms with van der Waals surface area (Å²) in [6.07, 6.45) is 0.913. The van der Waals surface area contributed by atoms with Crippen LogP contribution in [0.4, 0.5) is 5.69 Å². The fraction of sp³-hybridized carbons (Fsp3) is 0.381. The van der Waals surface area contributed by atoms with Crippen LogP contribution in [0.25, 0.3) is 0 Å². The molecule has 0 aromatic heterocycles. The second-order valence-corrected chi connectivity index (χ2v) is 5.83. The van der Waals surface area contributed by atoms with E-state index in [2.05, 4.69) is 17.6 Å². The van der Waals surface area contributed by atoms with Crippen LogP contribution < -0.4 is 20.1 Å². The molecule has 1 amide bonds. The third-order valence-corrected chi connectivity index (χ3v) is 3.80. The maximum atomic E-state index is 12.7. The zero-order chi connectivity index (χ0) is 18.8. The van der Waals surface area contributed by atoms with Crippen molar-refractivity contribution >= 4 is 11.6 Å². The molecule has 5 nitrogen and oxygen atoms in total. The predicted octanol–water partition coefficient (Wildman–Crippen LogP) is 4.24. The number of para-hydroxylation sites is 1. The Kier molecular flexibility index (Phi) is 7.96. The molecule has 0 heterocycles. The topological polar surface area (TPSA) is 59.6 Å². The minimum atomic E-state index is -0.169. The van der Waals surface area contributed by atoms with Crippen molar-refractivity contribution in [3.63, 3.8) is 0 Å². The molecule has 0 fully saturated rings. The summed E-state index contributed by atoms with van der Waals surface area (Å²) in [5.74, 6) is 1.09. The van der Waals surface area contributed by atoms with E-state index in [0.29, 0.717) is 36.8 Å². The van der Waals surface area contributed by atoms with Gasteiger partial charge >= 0.3 is 0 Å². The van der Waals surface area contributed by atoms with Gasteiger partial charge in [0.25, 0.3) is 5.91 Å². The number of benzene rings is 2. The van der Waals surface area contributed by atoms with Crippen LogP contribution in [0, 0.1) is 0 Å². The molecule has 2 aromatic carbocycles. The third-order valence-electron chi connectivity index (χ3n) is 3.80. The standard InChI is InChI=1S/C21H28N2O3/c1-4-13-26-19-12-11-16(14-20(19)25-6-3)21(24)23-18-10-8-7-9-17(18)15-22-5-2/h7-12,14,22H,4-6,13,15H2,1-3H3,(H,23,24). The van der Waals surface area contributed by atoms with Crippen molar-refractivity contribution in [2.24, 2.45) is 0 Å². The Morgan fingerprint density at radius 2 is 1.81 bits per heavy atom. The number of rotatable bonds is 10. The molecule has 26 heavy (non-hydrogen) atoms. The summed E-state index contributed by atoms with van der Waals surface area (Å²) < 4.78 is 11.3. The fourth-order valence-electron chi connectivity index (χ4n) is 2.50. The largest absolute Gasteiger partial charge is 0.490 e. The smallest absolute Gasteiger partial charge is 0.255 e. The molecule has 0 aliphatic rings. The Hall–Kier alpha value is -2.53. The van der Waals surface area contributed by atoms with Gasteiger partial charge in [0.05, 0.1) is 13.2 Å². The molecule has 2 rings (SSSR count). The summed E-state index contributed by atoms with van der Waals surface area (Å²) in [6.45, 7) is 8.72. The Balaban J connectivity index is 2.18. The average molecular weight is 356 g/mol. The van der Waals surface area contributed by atoms with Crippen molar-refractivity contribution in [3.05, 3.63) is 53.6 Å². The van der Waals surface area contributed by atoms with Crippen LogP contribution in [0.5, 0.6) is 11.5 Å². The van der Waals surface area contributed by atoms with E-state index >= 15 is 0 Å². The van der Waals surface area contributed by atoms with Crippen molar-refractivity contribution in [3.8, 4) is 11.5 Å². The summed E-state index contributed by atoms with van der Waals surface area (Å²) in [6, 6.07) is 13.1. The summed E-state index contributed by atoms with van der Waals surface area (Å²) >= 11 is 0. The molecule has 0 atom stereocenters. The normalized spacial score (nSPS) is 10.4. The van der Waals surface area contributed by atoms with Gasteiger partial charge in [-0.25, -0.2) is 0 Å². The lowest BCUT2D eigenvalue weighted by atomic mass is 10.1. The number of carbonyl (C=O) groups excluding carboxylic acids is 1. The lowest BCUT2D eigenvalue weighted by molar-refractivity contribution is 0.102. The van der Waals surface area contributed by atoms with Crippen molar-refractivity contribution < 1.29 is 14.3 Å². The van der Waals surface area contributed by atoms with E-state index in [1.165, 1.54) is 0 Å². The number of carbonyl (C=O) groups is 1. The first-order chi connectivity index (χ1) is 12.7. The van der Waals surface area contributed by atoms with E-state index in [4.69, 9.17) is 9.47 Å². The van der Waals surface area contributed by atoms with Crippen LogP contribution in [0.15, 0.2) is 42.5 Å². The van der Waals surface area contributed by atoms with Gasteiger partial charge in [-0.2, -0.15) is 0 Å². The molecule has 0 radical (unpaired) electrons. The Bertz CT molecular complexity index is 716. The molecule has 0 saturated carbocycles. The van der Waals surface area contributed by atoms with Crippen LogP contribution in [-0.4, -0.2) is 25.7 Å². The average Bonchev–Trinajstić information content (AvgIpc) is 2.66. The molecule has 140 valence electrons. The molecule has 0 bridgehead atoms. The van der Waals surface area contributed by atoms with E-state index < -0.39 is 0 Å². The molecular weight excluding hydrogens is 328 g/mol. The van der Waals surface area contributed by atoms with Gasteiger partial charge in [-0.3, -0.25) is 4.79 Å². The highest BCUT2D eigenvalue weighted by Gasteiger charge is 2.13. The molecule has 0 aliphatic heterocycles. The van der Waals surface area contributed by atoms with Crippen LogP contribution in [0.3, 0.4) is 0 Å². The van der Waals surface area contributed by atoms with Crippen LogP contribution >= 0.6 is 0 Å². The van der Waals surface area contributed by atoms with Gasteiger partial charge in [0.1, 0.15) is 0 Å². The van der Waals surface area contributed by atoms with Crippen molar-refractivity contribution in [2.75, 3.05) is 25.1 Å². The van der Waals surface area contributed by atoms with Gasteiger partial charge in [-0.1, -0.05) is 32.0 Å². The predicted molar refractivity (Wildman–Crippen MR) is 105 cm³/mol. The second-order valence-electron chi connectivity index (χ2n) is 5.83. The summed E-state index contributed by atoms with van der Waals surface area (Å²) in [5.41, 5.74) is 2.40. The second kappa shape index (κ2) is 10.5. The molecule has 0 spiro atoms. The Labute approximate surface area is 155 Å². The zero-order valence-electron chi connectivity index (χ0n) is 15.8. The molecular formula is C21H28N2O3. The highest BCUT2D eigenvalue weighted by atomic mass is 16.5. The van der Waals surface area contributed by atoms with Crippen molar-refractivity contribution in [2.45, 2.75) is 33.7 Å². The maximum Gasteiger partial charge on any atom is 0.255 e. The van der Waals surface area contributed by atoms with Crippen molar-refractivity contribution in [1.29, 1.82) is 0 Å². The van der Waals surface area contributed by atoms with Gasteiger partial charge in [0.2, 0.25) is 0 Å². The van der Waals surface area contributed by atoms with Gasteiger partial charge in [-0.05, 0) is 49.7 Å². The Morgan fingerprint density at radius 3 is 2.54 bits per heavy atom. The molecule has 0 unspecified atom stereocenters. The molecule has 2 aromatic rings. The number of nitrogens with one attached hydrogen (secondary N) is 2. The van der Waals surface area contributed by atoms with Crippen LogP contribution in [-0.2, 0) is 6.54 Å². The van der Waals surface area contributed by atoms with Crippen LogP contribution in [0.1, 0.15) is 43.1 Å². The van der Waals surface area contributed by atoms with E-state index in [1.54, 1.807) is 18.2 Å². The quantitative estimate of drug-likeness (QED) is 0.669. The SMILES string of the molecule is CCCOc1ccc(C(=O)Nc2ccccc2CNCC)cc1OCC. The summed E-state index contributed by atoms with van der Waals surface area (Å²) in [7, 11) is 0. The minimum Gasteiger partial charge on any atom is -0.490 e. The first-order valence-corrected chi connectivity index (χ1v) is 9.19. The third kappa shape index (κ3) is 5.49. The number of hydrogen-bond donors (Lipinski definition) is 2. The zero-order valence-corrected chi connectivity index (χ0v) is 15.8. The number of hydrogen-bond acceptors (Lipinski definition) is 4. The lowest BCUT2D eigenvalue weighted by Crippen LogP contribution is -2.17. The number of anilines is 1.